The Balaban J connectivity index is 0.789. The Morgan fingerprint density at radius 2 is 1.60 bits per heavy atom. The lowest BCUT2D eigenvalue weighted by Crippen LogP contribution is -2.54. The minimum atomic E-state index is -1.06. The predicted octanol–water partition coefficient (Wildman–Crippen LogP) is 4.64. The third kappa shape index (κ3) is 8.68. The number of hydrogen-bond acceptors (Lipinski definition) is 13. The first-order valence-corrected chi connectivity index (χ1v) is 21.7. The maximum atomic E-state index is 13.5. The van der Waals surface area contributed by atoms with Gasteiger partial charge in [-0.2, -0.15) is 5.26 Å². The van der Waals surface area contributed by atoms with Crippen LogP contribution in [0, 0.1) is 31.1 Å². The number of carbonyl (C=O) groups excluding carboxylic acids is 5. The van der Waals surface area contributed by atoms with E-state index in [1.165, 1.54) is 7.11 Å². The van der Waals surface area contributed by atoms with E-state index in [1.807, 2.05) is 26.0 Å². The smallest absolute Gasteiger partial charge is 0.266 e. The number of carbonyl (C=O) groups is 5. The lowest BCUT2D eigenvalue weighted by molar-refractivity contribution is -0.136. The number of hydrogen-bond donors (Lipinski definition) is 2. The van der Waals surface area contributed by atoms with Crippen molar-refractivity contribution in [1.29, 1.82) is 5.26 Å². The molecule has 2 aliphatic carbocycles. The normalized spacial score (nSPS) is 23.9. The maximum absolute atomic E-state index is 13.5. The van der Waals surface area contributed by atoms with Crippen LogP contribution < -0.4 is 29.7 Å². The number of rotatable bonds is 13. The van der Waals surface area contributed by atoms with Gasteiger partial charge in [0.1, 0.15) is 35.5 Å². The van der Waals surface area contributed by atoms with E-state index in [4.69, 9.17) is 14.2 Å². The van der Waals surface area contributed by atoms with E-state index in [0.717, 1.165) is 79.9 Å². The average Bonchev–Trinajstić information content (AvgIpc) is 3.77. The molecule has 3 aliphatic heterocycles. The molecule has 16 nitrogen and oxygen atoms in total. The van der Waals surface area contributed by atoms with Crippen molar-refractivity contribution >= 4 is 35.5 Å². The van der Waals surface area contributed by atoms with Gasteiger partial charge in [-0.25, -0.2) is 9.97 Å². The highest BCUT2D eigenvalue weighted by Gasteiger charge is 2.47. The molecule has 4 fully saturated rings. The average molecular weight is 847 g/mol. The van der Waals surface area contributed by atoms with Crippen LogP contribution in [0.25, 0.3) is 0 Å². The molecule has 3 aromatic rings. The number of amides is 5. The molecule has 0 radical (unpaired) electrons. The summed E-state index contributed by atoms with van der Waals surface area (Å²) in [5.74, 6) is -0.00855. The van der Waals surface area contributed by atoms with Crippen LogP contribution >= 0.6 is 0 Å². The molecule has 1 aromatic heterocycles. The number of aryl methyl sites for hydroxylation is 2. The Bertz CT molecular complexity index is 2270. The predicted molar refractivity (Wildman–Crippen MR) is 226 cm³/mol. The largest absolute Gasteiger partial charge is 0.496 e. The third-order valence-electron chi connectivity index (χ3n) is 13.1. The summed E-state index contributed by atoms with van der Waals surface area (Å²) in [5, 5.41) is 14.7. The van der Waals surface area contributed by atoms with Crippen LogP contribution in [0.5, 0.6) is 17.2 Å². The van der Waals surface area contributed by atoms with Crippen LogP contribution in [0.3, 0.4) is 0 Å². The number of aromatic nitrogens is 2. The fourth-order valence-electron chi connectivity index (χ4n) is 9.66. The van der Waals surface area contributed by atoms with Gasteiger partial charge in [-0.3, -0.25) is 39.1 Å². The molecule has 326 valence electrons. The molecule has 2 saturated carbocycles. The number of methoxy groups -OCH3 is 1. The number of benzene rings is 2. The molecule has 3 atom stereocenters. The van der Waals surface area contributed by atoms with E-state index in [-0.39, 0.29) is 53.9 Å². The molecular weight excluding hydrogens is 793 g/mol. The van der Waals surface area contributed by atoms with E-state index in [2.05, 4.69) is 50.3 Å². The molecule has 2 saturated heterocycles. The minimum absolute atomic E-state index is 0.00834. The zero-order valence-electron chi connectivity index (χ0n) is 35.9. The van der Waals surface area contributed by atoms with Gasteiger partial charge in [-0.05, 0) is 95.0 Å². The van der Waals surface area contributed by atoms with Gasteiger partial charge < -0.3 is 24.4 Å². The van der Waals surface area contributed by atoms with Crippen molar-refractivity contribution in [2.75, 3.05) is 31.6 Å². The Morgan fingerprint density at radius 3 is 2.24 bits per heavy atom. The van der Waals surface area contributed by atoms with Crippen LogP contribution in [0.4, 0.5) is 5.95 Å². The standard InChI is InChI=1S/C46H54N8O8/c1-25(2)53(31-17-34(18-31)62-35-19-36-41(39(20-35)60-5)45(59)54(44(36)58)38-8-9-40(55)51-43(38)57)24-28-10-12-52(13-11-28)46-48-22-29(23-49-46)42(56)50-30-6-7-32(16-30)61-33-14-26(3)37(21-47)27(4)15-33/h14-15,19-20,22-23,25,28,30-32,34,38H,6-13,16-18,24H2,1-5H3,(H,50,56)(H,51,55,57)/t30-,31?,32-,34?,38-/m1/s1. The number of nitriles is 1. The first kappa shape index (κ1) is 42.6. The third-order valence-corrected chi connectivity index (χ3v) is 13.1. The highest BCUT2D eigenvalue weighted by Crippen LogP contribution is 2.40. The van der Waals surface area contributed by atoms with Crippen molar-refractivity contribution in [3.63, 3.8) is 0 Å². The van der Waals surface area contributed by atoms with E-state index in [0.29, 0.717) is 47.2 Å². The lowest BCUT2D eigenvalue weighted by atomic mass is 9.85. The SMILES string of the molecule is COc1cc(OC2CC(N(CC3CCN(c4ncc(C(=O)N[C@@H]5CC[C@@H](Oc6cc(C)c(C#N)c(C)c6)C5)cn4)CC3)C(C)C)C2)cc2c1C(=O)N([C@@H]1CCC(=O)NC1=O)C2=O. The van der Waals surface area contributed by atoms with Gasteiger partial charge >= 0.3 is 0 Å². The molecule has 2 aromatic carbocycles. The molecule has 4 heterocycles. The molecule has 0 unspecified atom stereocenters. The summed E-state index contributed by atoms with van der Waals surface area (Å²) in [4.78, 5) is 79.1. The van der Waals surface area contributed by atoms with Crippen molar-refractivity contribution in [2.24, 2.45) is 5.92 Å². The van der Waals surface area contributed by atoms with Gasteiger partial charge in [0.15, 0.2) is 0 Å². The molecule has 8 rings (SSSR count). The lowest BCUT2D eigenvalue weighted by Gasteiger charge is -2.46. The van der Waals surface area contributed by atoms with Crippen molar-refractivity contribution in [2.45, 2.75) is 122 Å². The van der Waals surface area contributed by atoms with Crippen LogP contribution in [0.2, 0.25) is 0 Å². The monoisotopic (exact) mass is 846 g/mol. The fourth-order valence-corrected chi connectivity index (χ4v) is 9.66. The summed E-state index contributed by atoms with van der Waals surface area (Å²) < 4.78 is 18.1. The van der Waals surface area contributed by atoms with Crippen molar-refractivity contribution < 1.29 is 38.2 Å². The summed E-state index contributed by atoms with van der Waals surface area (Å²) >= 11 is 0. The Hall–Kier alpha value is -6.08. The second-order valence-corrected chi connectivity index (χ2v) is 17.6. The topological polar surface area (TPSA) is 196 Å². The zero-order valence-corrected chi connectivity index (χ0v) is 35.9. The summed E-state index contributed by atoms with van der Waals surface area (Å²) in [5.41, 5.74) is 3.11. The van der Waals surface area contributed by atoms with Gasteiger partial charge in [0.2, 0.25) is 17.8 Å². The van der Waals surface area contributed by atoms with Crippen LogP contribution in [-0.4, -0.2) is 112 Å². The van der Waals surface area contributed by atoms with Gasteiger partial charge in [-0.15, -0.1) is 0 Å². The molecule has 5 aliphatic rings. The van der Waals surface area contributed by atoms with Gasteiger partial charge in [-0.1, -0.05) is 0 Å². The van der Waals surface area contributed by atoms with Crippen LogP contribution in [0.1, 0.15) is 119 Å². The zero-order chi connectivity index (χ0) is 43.8. The van der Waals surface area contributed by atoms with Gasteiger partial charge in [0, 0.05) is 81.9 Å². The van der Waals surface area contributed by atoms with E-state index in [1.54, 1.807) is 24.5 Å². The van der Waals surface area contributed by atoms with Crippen LogP contribution in [-0.2, 0) is 9.59 Å². The quantitative estimate of drug-likeness (QED) is 0.226. The Kier molecular flexibility index (Phi) is 12.2. The summed E-state index contributed by atoms with van der Waals surface area (Å²) in [7, 11) is 1.42. The van der Waals surface area contributed by atoms with E-state index < -0.39 is 29.7 Å². The minimum Gasteiger partial charge on any atom is -0.496 e. The summed E-state index contributed by atoms with van der Waals surface area (Å²) in [6.07, 6.45) is 9.20. The molecule has 62 heavy (non-hydrogen) atoms. The second-order valence-electron chi connectivity index (χ2n) is 17.6. The number of anilines is 1. The number of ether oxygens (including phenoxy) is 3. The van der Waals surface area contributed by atoms with Crippen molar-refractivity contribution in [1.82, 2.24) is 30.4 Å². The van der Waals surface area contributed by atoms with Gasteiger partial charge in [0.25, 0.3) is 17.7 Å². The number of piperidine rings is 2. The molecule has 0 bridgehead atoms. The van der Waals surface area contributed by atoms with E-state index in [9.17, 15) is 29.2 Å². The molecule has 2 N–H and O–H groups in total. The van der Waals surface area contributed by atoms with Crippen molar-refractivity contribution in [3.8, 4) is 23.3 Å². The summed E-state index contributed by atoms with van der Waals surface area (Å²) in [6.45, 7) is 10.9. The maximum Gasteiger partial charge on any atom is 0.266 e. The summed E-state index contributed by atoms with van der Waals surface area (Å²) in [6, 6.07) is 8.82. The Labute approximate surface area is 361 Å². The van der Waals surface area contributed by atoms with Gasteiger partial charge in [0.05, 0.1) is 35.4 Å². The molecule has 5 amide bonds. The van der Waals surface area contributed by atoms with E-state index >= 15 is 0 Å². The fraction of sp³-hybridized carbons (Fsp3) is 0.522. The number of fused-ring (bicyclic) bond motifs is 1. The van der Waals surface area contributed by atoms with Crippen molar-refractivity contribution in [3.05, 3.63) is 70.0 Å². The number of imide groups is 2. The van der Waals surface area contributed by atoms with Crippen LogP contribution in [0.15, 0.2) is 36.7 Å². The number of nitrogens with one attached hydrogen (secondary N) is 2. The second kappa shape index (κ2) is 17.7. The Morgan fingerprint density at radius 1 is 0.919 bits per heavy atom. The molecule has 0 spiro atoms. The first-order chi connectivity index (χ1) is 29.8. The highest BCUT2D eigenvalue weighted by atomic mass is 16.5. The number of nitrogens with zero attached hydrogens (tertiary/aromatic N) is 6. The molecular formula is C46H54N8O8. The molecule has 16 heteroatoms. The highest BCUT2D eigenvalue weighted by molar-refractivity contribution is 6.24. The first-order valence-electron chi connectivity index (χ1n) is 21.7.